The number of hydrogen-bond acceptors (Lipinski definition) is 5. The molecule has 6 nitrogen and oxygen atoms in total. The van der Waals surface area contributed by atoms with Crippen molar-refractivity contribution in [1.82, 2.24) is 15.3 Å². The van der Waals surface area contributed by atoms with Gasteiger partial charge in [-0.2, -0.15) is 0 Å². The van der Waals surface area contributed by atoms with Crippen LogP contribution in [0.5, 0.6) is 11.6 Å². The predicted octanol–water partition coefficient (Wildman–Crippen LogP) is 2.53. The molecule has 6 heteroatoms. The van der Waals surface area contributed by atoms with E-state index in [-0.39, 0.29) is 12.5 Å². The molecule has 2 N–H and O–H groups in total. The topological polar surface area (TPSA) is 84.3 Å². The van der Waals surface area contributed by atoms with Crippen molar-refractivity contribution in [3.63, 3.8) is 0 Å². The molecular weight excluding hydrogens is 306 g/mol. The van der Waals surface area contributed by atoms with Crippen LogP contribution in [0.15, 0.2) is 54.9 Å². The van der Waals surface area contributed by atoms with E-state index in [1.807, 2.05) is 24.3 Å². The zero-order valence-corrected chi connectivity index (χ0v) is 13.1. The second-order valence-corrected chi connectivity index (χ2v) is 5.38. The molecule has 0 spiro atoms. The van der Waals surface area contributed by atoms with Crippen LogP contribution in [0, 0.1) is 0 Å². The highest BCUT2D eigenvalue weighted by molar-refractivity contribution is 5.94. The molecule has 0 aliphatic carbocycles. The van der Waals surface area contributed by atoms with E-state index >= 15 is 0 Å². The molecule has 122 valence electrons. The van der Waals surface area contributed by atoms with Crippen molar-refractivity contribution in [2.45, 2.75) is 13.0 Å². The van der Waals surface area contributed by atoms with Crippen LogP contribution in [0.4, 0.5) is 0 Å². The van der Waals surface area contributed by atoms with Crippen molar-refractivity contribution in [2.75, 3.05) is 6.54 Å². The summed E-state index contributed by atoms with van der Waals surface area (Å²) in [6.07, 6.45) is 0.845. The minimum atomic E-state index is -0.597. The van der Waals surface area contributed by atoms with Gasteiger partial charge in [0.2, 0.25) is 5.88 Å². The molecule has 0 saturated heterocycles. The average molecular weight is 323 g/mol. The number of nitrogens with zero attached hydrogens (tertiary/aromatic N) is 2. The summed E-state index contributed by atoms with van der Waals surface area (Å²) in [4.78, 5) is 20.4. The fraction of sp³-hybridized carbons (Fsp3) is 0.167. The molecule has 1 aromatic heterocycles. The summed E-state index contributed by atoms with van der Waals surface area (Å²) in [6, 6.07) is 14.3. The summed E-state index contributed by atoms with van der Waals surface area (Å²) in [5.41, 5.74) is 1.24. The molecule has 2 aromatic carbocycles. The lowest BCUT2D eigenvalue weighted by Gasteiger charge is -2.10. The molecule has 24 heavy (non-hydrogen) atoms. The number of hydrogen-bond donors (Lipinski definition) is 2. The van der Waals surface area contributed by atoms with Gasteiger partial charge >= 0.3 is 0 Å². The molecule has 0 saturated carbocycles. The van der Waals surface area contributed by atoms with Gasteiger partial charge in [0.1, 0.15) is 12.1 Å². The smallest absolute Gasteiger partial charge is 0.251 e. The number of carbonyl (C=O) groups is 1. The Labute approximate surface area is 139 Å². The highest BCUT2D eigenvalue weighted by Gasteiger charge is 2.10. The molecule has 0 radical (unpaired) electrons. The minimum absolute atomic E-state index is 0.195. The number of ether oxygens (including phenoxy) is 1. The zero-order chi connectivity index (χ0) is 16.9. The van der Waals surface area contributed by atoms with Gasteiger partial charge in [0.15, 0.2) is 0 Å². The van der Waals surface area contributed by atoms with Gasteiger partial charge in [-0.3, -0.25) is 4.79 Å². The van der Waals surface area contributed by atoms with Gasteiger partial charge in [-0.15, -0.1) is 0 Å². The largest absolute Gasteiger partial charge is 0.438 e. The van der Waals surface area contributed by atoms with Crippen LogP contribution in [0.25, 0.3) is 10.9 Å². The summed E-state index contributed by atoms with van der Waals surface area (Å²) in [7, 11) is 0. The maximum Gasteiger partial charge on any atom is 0.251 e. The number of para-hydroxylation sites is 1. The second-order valence-electron chi connectivity index (χ2n) is 5.38. The maximum atomic E-state index is 12.1. The van der Waals surface area contributed by atoms with E-state index in [2.05, 4.69) is 15.3 Å². The highest BCUT2D eigenvalue weighted by Crippen LogP contribution is 2.26. The lowest BCUT2D eigenvalue weighted by Crippen LogP contribution is -2.30. The Morgan fingerprint density at radius 2 is 2.04 bits per heavy atom. The van der Waals surface area contributed by atoms with E-state index in [9.17, 15) is 9.90 Å². The Morgan fingerprint density at radius 1 is 1.21 bits per heavy atom. The standard InChI is InChI=1S/C18H17N3O3/c1-12(22)10-19-17(23)13-5-4-6-14(9-13)24-18-15-7-2-3-8-16(15)20-11-21-18/h2-9,11-12,22H,10H2,1H3,(H,19,23). The number of aliphatic hydroxyl groups is 1. The summed E-state index contributed by atoms with van der Waals surface area (Å²) in [5, 5.41) is 12.7. The van der Waals surface area contributed by atoms with Gasteiger partial charge in [0.05, 0.1) is 17.0 Å². The monoisotopic (exact) mass is 323 g/mol. The van der Waals surface area contributed by atoms with Crippen molar-refractivity contribution >= 4 is 16.8 Å². The molecule has 1 atom stereocenters. The van der Waals surface area contributed by atoms with E-state index in [4.69, 9.17) is 4.74 Å². The molecule has 0 aliphatic heterocycles. The van der Waals surface area contributed by atoms with Gasteiger partial charge in [-0.25, -0.2) is 9.97 Å². The number of carbonyl (C=O) groups excluding carboxylic acids is 1. The van der Waals surface area contributed by atoms with Crippen LogP contribution in [0.3, 0.4) is 0 Å². The van der Waals surface area contributed by atoms with E-state index < -0.39 is 6.10 Å². The number of amides is 1. The zero-order valence-electron chi connectivity index (χ0n) is 13.1. The van der Waals surface area contributed by atoms with Crippen LogP contribution < -0.4 is 10.1 Å². The summed E-state index contributed by atoms with van der Waals surface area (Å²) in [6.45, 7) is 1.81. The Bertz CT molecular complexity index is 860. The number of rotatable bonds is 5. The quantitative estimate of drug-likeness (QED) is 0.754. The predicted molar refractivity (Wildman–Crippen MR) is 90.1 cm³/mol. The average Bonchev–Trinajstić information content (AvgIpc) is 2.60. The van der Waals surface area contributed by atoms with Crippen molar-refractivity contribution in [3.8, 4) is 11.6 Å². The third kappa shape index (κ3) is 3.67. The van der Waals surface area contributed by atoms with E-state index in [0.717, 1.165) is 10.9 Å². The summed E-state index contributed by atoms with van der Waals surface area (Å²) >= 11 is 0. The number of fused-ring (bicyclic) bond motifs is 1. The normalized spacial score (nSPS) is 11.9. The maximum absolute atomic E-state index is 12.1. The number of nitrogens with one attached hydrogen (secondary N) is 1. The van der Waals surface area contributed by atoms with Crippen molar-refractivity contribution in [1.29, 1.82) is 0 Å². The molecule has 0 aliphatic rings. The van der Waals surface area contributed by atoms with Crippen LogP contribution in [0.1, 0.15) is 17.3 Å². The molecule has 1 unspecified atom stereocenters. The van der Waals surface area contributed by atoms with E-state index in [1.165, 1.54) is 6.33 Å². The van der Waals surface area contributed by atoms with Gasteiger partial charge in [-0.1, -0.05) is 18.2 Å². The first-order chi connectivity index (χ1) is 11.6. The fourth-order valence-electron chi connectivity index (χ4n) is 2.22. The Balaban J connectivity index is 1.83. The van der Waals surface area contributed by atoms with Crippen LogP contribution in [-0.4, -0.2) is 33.6 Å². The molecule has 3 aromatic rings. The molecule has 0 fully saturated rings. The van der Waals surface area contributed by atoms with E-state index in [0.29, 0.717) is 17.2 Å². The first-order valence-corrected chi connectivity index (χ1v) is 7.57. The van der Waals surface area contributed by atoms with Crippen molar-refractivity contribution in [2.24, 2.45) is 0 Å². The van der Waals surface area contributed by atoms with Crippen LogP contribution >= 0.6 is 0 Å². The third-order valence-electron chi connectivity index (χ3n) is 3.38. The molecule has 3 rings (SSSR count). The Hall–Kier alpha value is -2.99. The fourth-order valence-corrected chi connectivity index (χ4v) is 2.22. The van der Waals surface area contributed by atoms with Crippen LogP contribution in [0.2, 0.25) is 0 Å². The van der Waals surface area contributed by atoms with E-state index in [1.54, 1.807) is 31.2 Å². The number of benzene rings is 2. The SMILES string of the molecule is CC(O)CNC(=O)c1cccc(Oc2ncnc3ccccc23)c1. The first-order valence-electron chi connectivity index (χ1n) is 7.57. The molecule has 1 heterocycles. The molecule has 0 bridgehead atoms. The highest BCUT2D eigenvalue weighted by atomic mass is 16.5. The van der Waals surface area contributed by atoms with Gasteiger partial charge in [0.25, 0.3) is 5.91 Å². The van der Waals surface area contributed by atoms with Gasteiger partial charge in [-0.05, 0) is 37.3 Å². The van der Waals surface area contributed by atoms with Crippen LogP contribution in [-0.2, 0) is 0 Å². The first kappa shape index (κ1) is 15.9. The summed E-state index contributed by atoms with van der Waals surface area (Å²) < 4.78 is 5.83. The lowest BCUT2D eigenvalue weighted by atomic mass is 10.2. The van der Waals surface area contributed by atoms with Crippen molar-refractivity contribution < 1.29 is 14.6 Å². The molecular formula is C18H17N3O3. The minimum Gasteiger partial charge on any atom is -0.438 e. The Morgan fingerprint density at radius 3 is 2.88 bits per heavy atom. The second kappa shape index (κ2) is 7.06. The third-order valence-corrected chi connectivity index (χ3v) is 3.38. The van der Waals surface area contributed by atoms with Gasteiger partial charge < -0.3 is 15.2 Å². The molecule has 1 amide bonds. The number of aliphatic hydroxyl groups excluding tert-OH is 1. The van der Waals surface area contributed by atoms with Crippen molar-refractivity contribution in [3.05, 3.63) is 60.4 Å². The Kier molecular flexibility index (Phi) is 4.67. The number of aromatic nitrogens is 2. The summed E-state index contributed by atoms with van der Waals surface area (Å²) in [5.74, 6) is 0.666. The van der Waals surface area contributed by atoms with Gasteiger partial charge in [0, 0.05) is 12.1 Å². The lowest BCUT2D eigenvalue weighted by molar-refractivity contribution is 0.0923.